The molecule has 0 N–H and O–H groups in total. The first kappa shape index (κ1) is 20.9. The highest BCUT2D eigenvalue weighted by Crippen LogP contribution is 2.37. The summed E-state index contributed by atoms with van der Waals surface area (Å²) >= 11 is 0. The smallest absolute Gasteiger partial charge is 0.293 e. The number of nitrogens with zero attached hydrogens (tertiary/aromatic N) is 2. The number of hydrogen-bond donors (Lipinski definition) is 0. The second-order valence-corrected chi connectivity index (χ2v) is 8.80. The Morgan fingerprint density at radius 2 is 1.69 bits per heavy atom. The van der Waals surface area contributed by atoms with Crippen LogP contribution in [0.5, 0.6) is 11.5 Å². The van der Waals surface area contributed by atoms with Crippen LogP contribution in [0.4, 0.5) is 11.4 Å². The number of sulfone groups is 1. The van der Waals surface area contributed by atoms with Crippen LogP contribution in [0.25, 0.3) is 0 Å². The summed E-state index contributed by atoms with van der Waals surface area (Å²) in [5, 5.41) is 11.6. The molecule has 0 aromatic heterocycles. The van der Waals surface area contributed by atoms with E-state index in [1.54, 1.807) is 0 Å². The number of ether oxygens (including phenoxy) is 2. The number of nitro benzene ring substituents is 1. The number of benzene rings is 2. The van der Waals surface area contributed by atoms with Crippen LogP contribution in [0.3, 0.4) is 0 Å². The van der Waals surface area contributed by atoms with Crippen molar-refractivity contribution in [2.45, 2.75) is 31.7 Å². The highest BCUT2D eigenvalue weighted by Gasteiger charge is 2.26. The Hall–Kier alpha value is -2.81. The van der Waals surface area contributed by atoms with Crippen molar-refractivity contribution in [1.82, 2.24) is 0 Å². The highest BCUT2D eigenvalue weighted by molar-refractivity contribution is 7.90. The highest BCUT2D eigenvalue weighted by atomic mass is 32.2. The third kappa shape index (κ3) is 4.45. The van der Waals surface area contributed by atoms with Crippen LogP contribution in [-0.4, -0.2) is 39.4 Å². The van der Waals surface area contributed by atoms with Crippen molar-refractivity contribution in [1.29, 1.82) is 0 Å². The molecule has 9 heteroatoms. The molecule has 2 aromatic rings. The number of nitro groups is 1. The first-order valence-electron chi connectivity index (χ1n) is 9.39. The minimum absolute atomic E-state index is 0.0645. The van der Waals surface area contributed by atoms with E-state index in [0.717, 1.165) is 23.4 Å². The summed E-state index contributed by atoms with van der Waals surface area (Å²) in [5.41, 5.74) is 2.31. The number of fused-ring (bicyclic) bond motifs is 1. The van der Waals surface area contributed by atoms with Crippen molar-refractivity contribution in [2.75, 3.05) is 30.9 Å². The van der Waals surface area contributed by atoms with Gasteiger partial charge in [0.05, 0.1) is 23.0 Å². The van der Waals surface area contributed by atoms with E-state index < -0.39 is 14.8 Å². The maximum absolute atomic E-state index is 11.8. The SMILES string of the molecule is CCOc1cc2c(cc1OCC)CN(c1ccc(S(C)(=O)=O)cc1[N+](=O)[O-])CC2. The Kier molecular flexibility index (Phi) is 5.97. The third-order valence-electron chi connectivity index (χ3n) is 4.79. The predicted molar refractivity (Wildman–Crippen MR) is 110 cm³/mol. The Balaban J connectivity index is 1.98. The average molecular weight is 420 g/mol. The number of rotatable bonds is 7. The summed E-state index contributed by atoms with van der Waals surface area (Å²) in [5.74, 6) is 1.35. The van der Waals surface area contributed by atoms with Gasteiger partial charge in [0.2, 0.25) is 0 Å². The standard InChI is InChI=1S/C20H24N2O6S/c1-4-27-19-10-14-8-9-21(13-15(14)11-20(19)28-5-2)17-7-6-16(29(3,25)26)12-18(17)22(23)24/h6-7,10-12H,4-5,8-9,13H2,1-3H3. The monoisotopic (exact) mass is 420 g/mol. The van der Waals surface area contributed by atoms with E-state index in [1.165, 1.54) is 12.1 Å². The van der Waals surface area contributed by atoms with Gasteiger partial charge in [0, 0.05) is 25.4 Å². The van der Waals surface area contributed by atoms with Gasteiger partial charge in [0.1, 0.15) is 5.69 Å². The normalized spacial score (nSPS) is 13.7. The van der Waals surface area contributed by atoms with Gasteiger partial charge in [-0.15, -0.1) is 0 Å². The quantitative estimate of drug-likeness (QED) is 0.500. The lowest BCUT2D eigenvalue weighted by atomic mass is 9.98. The molecule has 0 bridgehead atoms. The zero-order valence-electron chi connectivity index (χ0n) is 16.7. The molecule has 1 aliphatic rings. The fraction of sp³-hybridized carbons (Fsp3) is 0.400. The first-order chi connectivity index (χ1) is 13.7. The van der Waals surface area contributed by atoms with Gasteiger partial charge in [-0.3, -0.25) is 10.1 Å². The molecule has 8 nitrogen and oxygen atoms in total. The van der Waals surface area contributed by atoms with Gasteiger partial charge >= 0.3 is 0 Å². The first-order valence-corrected chi connectivity index (χ1v) is 11.3. The van der Waals surface area contributed by atoms with Crippen molar-refractivity contribution in [3.05, 3.63) is 51.6 Å². The molecule has 0 saturated heterocycles. The molecular formula is C20H24N2O6S. The van der Waals surface area contributed by atoms with Crippen LogP contribution in [0, 0.1) is 10.1 Å². The Bertz CT molecular complexity index is 1040. The van der Waals surface area contributed by atoms with E-state index >= 15 is 0 Å². The van der Waals surface area contributed by atoms with Crippen LogP contribution < -0.4 is 14.4 Å². The van der Waals surface area contributed by atoms with Gasteiger partial charge in [-0.2, -0.15) is 0 Å². The van der Waals surface area contributed by atoms with Gasteiger partial charge in [-0.05, 0) is 55.7 Å². The molecule has 0 aliphatic carbocycles. The molecule has 29 heavy (non-hydrogen) atoms. The molecule has 0 saturated carbocycles. The molecule has 156 valence electrons. The minimum Gasteiger partial charge on any atom is -0.490 e. The molecule has 0 spiro atoms. The Morgan fingerprint density at radius 3 is 2.24 bits per heavy atom. The average Bonchev–Trinajstić information content (AvgIpc) is 2.67. The van der Waals surface area contributed by atoms with Crippen molar-refractivity contribution in [3.8, 4) is 11.5 Å². The second kappa shape index (κ2) is 8.28. The van der Waals surface area contributed by atoms with Crippen molar-refractivity contribution in [2.24, 2.45) is 0 Å². The Labute approximate surface area is 170 Å². The second-order valence-electron chi connectivity index (χ2n) is 6.79. The number of hydrogen-bond acceptors (Lipinski definition) is 7. The van der Waals surface area contributed by atoms with Gasteiger partial charge in [0.15, 0.2) is 21.3 Å². The van der Waals surface area contributed by atoms with Crippen LogP contribution in [-0.2, 0) is 22.8 Å². The Morgan fingerprint density at radius 1 is 1.07 bits per heavy atom. The molecule has 3 rings (SSSR count). The zero-order valence-corrected chi connectivity index (χ0v) is 17.5. The molecule has 2 aromatic carbocycles. The molecule has 1 heterocycles. The van der Waals surface area contributed by atoms with E-state index in [1.807, 2.05) is 30.9 Å². The lowest BCUT2D eigenvalue weighted by Crippen LogP contribution is -2.31. The lowest BCUT2D eigenvalue weighted by molar-refractivity contribution is -0.384. The lowest BCUT2D eigenvalue weighted by Gasteiger charge is -2.31. The van der Waals surface area contributed by atoms with E-state index in [4.69, 9.17) is 9.47 Å². The van der Waals surface area contributed by atoms with Crippen LogP contribution in [0.15, 0.2) is 35.2 Å². The van der Waals surface area contributed by atoms with E-state index in [-0.39, 0.29) is 10.6 Å². The topological polar surface area (TPSA) is 99.0 Å². The van der Waals surface area contributed by atoms with Crippen LogP contribution in [0.2, 0.25) is 0 Å². The van der Waals surface area contributed by atoms with Crippen molar-refractivity contribution < 1.29 is 22.8 Å². The molecular weight excluding hydrogens is 396 g/mol. The molecule has 0 atom stereocenters. The molecule has 0 unspecified atom stereocenters. The summed E-state index contributed by atoms with van der Waals surface area (Å²) in [6, 6.07) is 7.95. The zero-order chi connectivity index (χ0) is 21.2. The van der Waals surface area contributed by atoms with E-state index in [9.17, 15) is 18.5 Å². The number of anilines is 1. The fourth-order valence-corrected chi connectivity index (χ4v) is 4.09. The molecule has 0 fully saturated rings. The van der Waals surface area contributed by atoms with E-state index in [2.05, 4.69) is 0 Å². The van der Waals surface area contributed by atoms with Gasteiger partial charge in [0.25, 0.3) is 5.69 Å². The summed E-state index contributed by atoms with van der Waals surface area (Å²) in [4.78, 5) is 12.9. The van der Waals surface area contributed by atoms with Gasteiger partial charge < -0.3 is 14.4 Å². The van der Waals surface area contributed by atoms with Gasteiger partial charge in [-0.1, -0.05) is 0 Å². The summed E-state index contributed by atoms with van der Waals surface area (Å²) in [7, 11) is -3.53. The van der Waals surface area contributed by atoms with Crippen molar-refractivity contribution in [3.63, 3.8) is 0 Å². The van der Waals surface area contributed by atoms with Crippen molar-refractivity contribution >= 4 is 21.2 Å². The van der Waals surface area contributed by atoms with Gasteiger partial charge in [-0.25, -0.2) is 8.42 Å². The van der Waals surface area contributed by atoms with E-state index in [0.29, 0.717) is 49.9 Å². The molecule has 1 aliphatic heterocycles. The summed E-state index contributed by atoms with van der Waals surface area (Å²) < 4.78 is 34.9. The van der Waals surface area contributed by atoms with Crippen LogP contribution >= 0.6 is 0 Å². The maximum atomic E-state index is 11.8. The third-order valence-corrected chi connectivity index (χ3v) is 5.90. The molecule has 0 radical (unpaired) electrons. The predicted octanol–water partition coefficient (Wildman–Crippen LogP) is 3.36. The largest absolute Gasteiger partial charge is 0.490 e. The minimum atomic E-state index is -3.53. The maximum Gasteiger partial charge on any atom is 0.293 e. The summed E-state index contributed by atoms with van der Waals surface area (Å²) in [6.07, 6.45) is 1.72. The molecule has 0 amide bonds. The van der Waals surface area contributed by atoms with Crippen LogP contribution in [0.1, 0.15) is 25.0 Å². The fourth-order valence-electron chi connectivity index (χ4n) is 3.45. The summed E-state index contributed by atoms with van der Waals surface area (Å²) in [6.45, 7) is 5.88.